The standard InChI is InChI=1S/C11H19N3OS/c1-4-5-10-6-11(14-8-13-10)12-7-9(2)16(3)15/h6,8-9H,4-5,7H2,1-3H3,(H,12,13,14). The van der Waals surface area contributed by atoms with E-state index in [9.17, 15) is 4.21 Å². The average Bonchev–Trinajstić information content (AvgIpc) is 2.26. The highest BCUT2D eigenvalue weighted by Gasteiger charge is 2.06. The molecule has 1 N–H and O–H groups in total. The van der Waals surface area contributed by atoms with Crippen LogP contribution >= 0.6 is 0 Å². The maximum Gasteiger partial charge on any atom is 0.129 e. The minimum Gasteiger partial charge on any atom is -0.369 e. The number of hydrogen-bond donors (Lipinski definition) is 1. The molecule has 2 unspecified atom stereocenters. The summed E-state index contributed by atoms with van der Waals surface area (Å²) in [5.41, 5.74) is 1.05. The van der Waals surface area contributed by atoms with Crippen LogP contribution < -0.4 is 5.32 Å². The lowest BCUT2D eigenvalue weighted by Crippen LogP contribution is -2.21. The number of rotatable bonds is 6. The van der Waals surface area contributed by atoms with Crippen LogP contribution in [0.4, 0.5) is 5.82 Å². The first-order valence-corrected chi connectivity index (χ1v) is 7.12. The zero-order valence-electron chi connectivity index (χ0n) is 10.1. The van der Waals surface area contributed by atoms with Crippen LogP contribution in [0.3, 0.4) is 0 Å². The molecule has 2 atom stereocenters. The van der Waals surface area contributed by atoms with Crippen LogP contribution in [0.15, 0.2) is 12.4 Å². The van der Waals surface area contributed by atoms with Crippen LogP contribution in [0.25, 0.3) is 0 Å². The van der Waals surface area contributed by atoms with Gasteiger partial charge in [-0.15, -0.1) is 0 Å². The molecule has 0 spiro atoms. The van der Waals surface area contributed by atoms with Gasteiger partial charge in [-0.3, -0.25) is 4.21 Å². The molecule has 0 bridgehead atoms. The highest BCUT2D eigenvalue weighted by Crippen LogP contribution is 2.06. The first kappa shape index (κ1) is 13.1. The van der Waals surface area contributed by atoms with Crippen LogP contribution in [0.1, 0.15) is 26.0 Å². The predicted octanol–water partition coefficient (Wildman–Crippen LogP) is 1.61. The second-order valence-electron chi connectivity index (χ2n) is 3.83. The van der Waals surface area contributed by atoms with E-state index in [2.05, 4.69) is 22.2 Å². The van der Waals surface area contributed by atoms with Gasteiger partial charge in [0.15, 0.2) is 0 Å². The summed E-state index contributed by atoms with van der Waals surface area (Å²) in [6.45, 7) is 4.75. The van der Waals surface area contributed by atoms with E-state index in [0.29, 0.717) is 6.54 Å². The van der Waals surface area contributed by atoms with Gasteiger partial charge in [0.05, 0.1) is 0 Å². The molecule has 1 rings (SSSR count). The van der Waals surface area contributed by atoms with Crippen molar-refractivity contribution < 1.29 is 4.21 Å². The Kier molecular flexibility index (Phi) is 5.38. The molecule has 1 aromatic heterocycles. The molecule has 0 saturated heterocycles. The Hall–Kier alpha value is -0.970. The quantitative estimate of drug-likeness (QED) is 0.822. The van der Waals surface area contributed by atoms with Gasteiger partial charge in [-0.05, 0) is 13.3 Å². The van der Waals surface area contributed by atoms with E-state index in [1.807, 2.05) is 13.0 Å². The van der Waals surface area contributed by atoms with Gasteiger partial charge in [0.1, 0.15) is 12.1 Å². The first-order chi connectivity index (χ1) is 7.63. The van der Waals surface area contributed by atoms with Gasteiger partial charge in [-0.1, -0.05) is 13.3 Å². The van der Waals surface area contributed by atoms with Gasteiger partial charge in [-0.2, -0.15) is 0 Å². The molecule has 0 fully saturated rings. The zero-order valence-corrected chi connectivity index (χ0v) is 10.9. The number of anilines is 1. The number of nitrogens with zero attached hydrogens (tertiary/aromatic N) is 2. The third kappa shape index (κ3) is 4.26. The molecule has 4 nitrogen and oxygen atoms in total. The van der Waals surface area contributed by atoms with E-state index in [4.69, 9.17) is 0 Å². The summed E-state index contributed by atoms with van der Waals surface area (Å²) >= 11 is 0. The average molecular weight is 241 g/mol. The van der Waals surface area contributed by atoms with Crippen molar-refractivity contribution >= 4 is 16.6 Å². The molecule has 0 saturated carbocycles. The van der Waals surface area contributed by atoms with Crippen molar-refractivity contribution in [3.05, 3.63) is 18.1 Å². The highest BCUT2D eigenvalue weighted by molar-refractivity contribution is 7.84. The maximum atomic E-state index is 11.2. The molecule has 0 radical (unpaired) electrons. The van der Waals surface area contributed by atoms with Gasteiger partial charge in [0.25, 0.3) is 0 Å². The number of aryl methyl sites for hydroxylation is 1. The molecular formula is C11H19N3OS. The van der Waals surface area contributed by atoms with Crippen LogP contribution in [0, 0.1) is 0 Å². The lowest BCUT2D eigenvalue weighted by atomic mass is 10.2. The minimum atomic E-state index is -0.799. The van der Waals surface area contributed by atoms with E-state index < -0.39 is 10.8 Å². The molecule has 0 amide bonds. The monoisotopic (exact) mass is 241 g/mol. The molecule has 16 heavy (non-hydrogen) atoms. The van der Waals surface area contributed by atoms with Crippen molar-refractivity contribution in [2.75, 3.05) is 18.1 Å². The lowest BCUT2D eigenvalue weighted by Gasteiger charge is -2.10. The summed E-state index contributed by atoms with van der Waals surface area (Å²) in [6, 6.07) is 1.95. The molecule has 0 aliphatic rings. The van der Waals surface area contributed by atoms with Crippen molar-refractivity contribution in [2.45, 2.75) is 31.9 Å². The number of hydrogen-bond acceptors (Lipinski definition) is 4. The number of nitrogens with one attached hydrogen (secondary N) is 1. The Balaban J connectivity index is 2.53. The summed E-state index contributed by atoms with van der Waals surface area (Å²) in [4.78, 5) is 8.31. The second-order valence-corrected chi connectivity index (χ2v) is 5.64. The summed E-state index contributed by atoms with van der Waals surface area (Å²) < 4.78 is 11.2. The maximum absolute atomic E-state index is 11.2. The zero-order chi connectivity index (χ0) is 12.0. The van der Waals surface area contributed by atoms with Crippen molar-refractivity contribution in [2.24, 2.45) is 0 Å². The van der Waals surface area contributed by atoms with Crippen LogP contribution in [0.5, 0.6) is 0 Å². The minimum absolute atomic E-state index is 0.129. The topological polar surface area (TPSA) is 54.9 Å². The van der Waals surface area contributed by atoms with E-state index >= 15 is 0 Å². The molecule has 1 aromatic rings. The molecule has 0 aliphatic heterocycles. The van der Waals surface area contributed by atoms with E-state index in [0.717, 1.165) is 24.4 Å². The second kappa shape index (κ2) is 6.58. The van der Waals surface area contributed by atoms with Crippen molar-refractivity contribution in [1.29, 1.82) is 0 Å². The Labute approximate surface area is 99.3 Å². The van der Waals surface area contributed by atoms with E-state index in [1.54, 1.807) is 12.6 Å². The fourth-order valence-corrected chi connectivity index (χ4v) is 1.57. The lowest BCUT2D eigenvalue weighted by molar-refractivity contribution is 0.678. The normalized spacial score (nSPS) is 14.4. The summed E-state index contributed by atoms with van der Waals surface area (Å²) in [6.07, 6.45) is 5.33. The van der Waals surface area contributed by atoms with E-state index in [-0.39, 0.29) is 5.25 Å². The van der Waals surface area contributed by atoms with Gasteiger partial charge < -0.3 is 5.32 Å². The predicted molar refractivity (Wildman–Crippen MR) is 68.0 cm³/mol. The summed E-state index contributed by atoms with van der Waals surface area (Å²) in [5.74, 6) is 0.816. The molecule has 90 valence electrons. The smallest absolute Gasteiger partial charge is 0.129 e. The molecule has 5 heteroatoms. The number of aromatic nitrogens is 2. The van der Waals surface area contributed by atoms with Gasteiger partial charge in [0, 0.05) is 40.6 Å². The van der Waals surface area contributed by atoms with Crippen LogP contribution in [0.2, 0.25) is 0 Å². The Morgan fingerprint density at radius 3 is 2.88 bits per heavy atom. The Morgan fingerprint density at radius 2 is 2.25 bits per heavy atom. The van der Waals surface area contributed by atoms with Crippen molar-refractivity contribution in [3.8, 4) is 0 Å². The SMILES string of the molecule is CCCc1cc(NCC(C)S(C)=O)ncn1. The van der Waals surface area contributed by atoms with Gasteiger partial charge in [-0.25, -0.2) is 9.97 Å². The Morgan fingerprint density at radius 1 is 1.50 bits per heavy atom. The molecule has 0 aliphatic carbocycles. The molecular weight excluding hydrogens is 222 g/mol. The van der Waals surface area contributed by atoms with E-state index in [1.165, 1.54) is 0 Å². The van der Waals surface area contributed by atoms with Gasteiger partial charge in [0.2, 0.25) is 0 Å². The largest absolute Gasteiger partial charge is 0.369 e. The highest BCUT2D eigenvalue weighted by atomic mass is 32.2. The summed E-state index contributed by atoms with van der Waals surface area (Å²) in [5, 5.41) is 3.31. The first-order valence-electron chi connectivity index (χ1n) is 5.50. The fourth-order valence-electron chi connectivity index (χ4n) is 1.25. The Bertz CT molecular complexity index is 357. The third-order valence-electron chi connectivity index (χ3n) is 2.37. The van der Waals surface area contributed by atoms with Gasteiger partial charge >= 0.3 is 0 Å². The summed E-state index contributed by atoms with van der Waals surface area (Å²) in [7, 11) is -0.799. The van der Waals surface area contributed by atoms with Crippen LogP contribution in [-0.2, 0) is 17.2 Å². The van der Waals surface area contributed by atoms with Crippen molar-refractivity contribution in [3.63, 3.8) is 0 Å². The van der Waals surface area contributed by atoms with Crippen LogP contribution in [-0.4, -0.2) is 32.2 Å². The molecule has 0 aromatic carbocycles. The van der Waals surface area contributed by atoms with Crippen molar-refractivity contribution in [1.82, 2.24) is 9.97 Å². The fraction of sp³-hybridized carbons (Fsp3) is 0.636. The molecule has 1 heterocycles. The third-order valence-corrected chi connectivity index (χ3v) is 3.67.